The molecule has 0 amide bonds. The van der Waals surface area contributed by atoms with Gasteiger partial charge in [0.1, 0.15) is 5.75 Å². The van der Waals surface area contributed by atoms with Crippen LogP contribution >= 0.6 is 0 Å². The van der Waals surface area contributed by atoms with Crippen LogP contribution in [0.1, 0.15) is 5.56 Å². The second-order valence-electron chi connectivity index (χ2n) is 3.37. The Morgan fingerprint density at radius 2 is 1.55 bits per heavy atom. The summed E-state index contributed by atoms with van der Waals surface area (Å²) < 4.78 is 90.5. The Hall–Kier alpha value is -1.59. The number of halogens is 3. The minimum atomic E-state index is -5.75. The maximum absolute atomic E-state index is 12.0. The average Bonchev–Trinajstić information content (AvgIpc) is 2.25. The van der Waals surface area contributed by atoms with Gasteiger partial charge in [0.2, 0.25) is 0 Å². The molecule has 0 aliphatic rings. The fourth-order valence-corrected chi connectivity index (χ4v) is 1.76. The summed E-state index contributed by atoms with van der Waals surface area (Å²) in [5.41, 5.74) is -5.35. The predicted molar refractivity (Wildman–Crippen MR) is 62.6 cm³/mol. The van der Waals surface area contributed by atoms with Gasteiger partial charge in [-0.15, -0.1) is 0 Å². The molecular weight excluding hydrogens is 325 g/mol. The zero-order valence-corrected chi connectivity index (χ0v) is 11.0. The van der Waals surface area contributed by atoms with Gasteiger partial charge in [-0.1, -0.05) is 12.1 Å². The van der Waals surface area contributed by atoms with Crippen molar-refractivity contribution < 1.29 is 38.7 Å². The van der Waals surface area contributed by atoms with Crippen molar-refractivity contribution in [3.8, 4) is 5.75 Å². The highest BCUT2D eigenvalue weighted by Gasteiger charge is 2.48. The predicted octanol–water partition coefficient (Wildman–Crippen LogP) is 1.77. The highest BCUT2D eigenvalue weighted by atomic mass is 32.2. The quantitative estimate of drug-likeness (QED) is 0.513. The fourth-order valence-electron chi connectivity index (χ4n) is 0.973. The molecule has 1 aromatic rings. The van der Waals surface area contributed by atoms with E-state index in [2.05, 4.69) is 4.18 Å². The molecule has 0 aliphatic heterocycles. The molecule has 6 nitrogen and oxygen atoms in total. The Morgan fingerprint density at radius 1 is 1.05 bits per heavy atom. The van der Waals surface area contributed by atoms with E-state index < -0.39 is 31.5 Å². The van der Waals surface area contributed by atoms with E-state index in [4.69, 9.17) is 4.55 Å². The smallest absolute Gasteiger partial charge is 0.376 e. The van der Waals surface area contributed by atoms with Crippen LogP contribution in [0.5, 0.6) is 5.75 Å². The van der Waals surface area contributed by atoms with Crippen molar-refractivity contribution in [2.75, 3.05) is 0 Å². The van der Waals surface area contributed by atoms with Gasteiger partial charge < -0.3 is 4.18 Å². The van der Waals surface area contributed by atoms with Gasteiger partial charge in [-0.3, -0.25) is 4.55 Å². The number of rotatable bonds is 4. The molecule has 0 saturated heterocycles. The van der Waals surface area contributed by atoms with Crippen LogP contribution < -0.4 is 4.18 Å². The molecule has 112 valence electrons. The van der Waals surface area contributed by atoms with Crippen molar-refractivity contribution in [3.05, 3.63) is 35.2 Å². The van der Waals surface area contributed by atoms with Crippen LogP contribution in [-0.4, -0.2) is 26.9 Å². The van der Waals surface area contributed by atoms with Gasteiger partial charge in [0.15, 0.2) is 0 Å². The van der Waals surface area contributed by atoms with E-state index in [-0.39, 0.29) is 5.56 Å². The van der Waals surface area contributed by atoms with Crippen molar-refractivity contribution in [3.63, 3.8) is 0 Å². The molecule has 0 atom stereocenters. The normalized spacial score (nSPS) is 13.6. The Balaban J connectivity index is 2.91. The Labute approximate surface area is 112 Å². The highest BCUT2D eigenvalue weighted by Crippen LogP contribution is 2.27. The summed E-state index contributed by atoms with van der Waals surface area (Å²) >= 11 is 0. The lowest BCUT2D eigenvalue weighted by Gasteiger charge is -2.09. The first-order valence-electron chi connectivity index (χ1n) is 4.67. The van der Waals surface area contributed by atoms with Crippen molar-refractivity contribution in [1.82, 2.24) is 0 Å². The van der Waals surface area contributed by atoms with Crippen LogP contribution in [0.4, 0.5) is 13.2 Å². The van der Waals surface area contributed by atoms with Gasteiger partial charge in [0.25, 0.3) is 10.1 Å². The molecule has 0 fully saturated rings. The van der Waals surface area contributed by atoms with E-state index in [1.165, 1.54) is 0 Å². The second-order valence-corrected chi connectivity index (χ2v) is 6.21. The van der Waals surface area contributed by atoms with Crippen LogP contribution in [0.3, 0.4) is 0 Å². The van der Waals surface area contributed by atoms with Gasteiger partial charge in [0.05, 0.1) is 5.41 Å². The maximum atomic E-state index is 12.0. The SMILES string of the molecule is O=S(=O)(O)C=Cc1ccc(OS(=O)(=O)C(F)(F)F)cc1. The number of hydrogen-bond donors (Lipinski definition) is 1. The standard InChI is InChI=1S/C9H7F3O6S2/c10-9(11,12)20(16,17)18-8-3-1-7(2-4-8)5-6-19(13,14)15/h1-6H,(H,13,14,15). The monoisotopic (exact) mass is 332 g/mol. The van der Waals surface area contributed by atoms with Crippen molar-refractivity contribution >= 4 is 26.3 Å². The van der Waals surface area contributed by atoms with Crippen LogP contribution in [0.15, 0.2) is 29.7 Å². The van der Waals surface area contributed by atoms with E-state index in [1.807, 2.05) is 0 Å². The third-order valence-corrected chi connectivity index (χ3v) is 3.26. The van der Waals surface area contributed by atoms with E-state index in [0.717, 1.165) is 30.3 Å². The van der Waals surface area contributed by atoms with Crippen LogP contribution in [0, 0.1) is 0 Å². The summed E-state index contributed by atoms with van der Waals surface area (Å²) in [6.45, 7) is 0. The Kier molecular flexibility index (Phi) is 4.46. The van der Waals surface area contributed by atoms with Gasteiger partial charge in [-0.25, -0.2) is 0 Å². The van der Waals surface area contributed by atoms with Crippen molar-refractivity contribution in [1.29, 1.82) is 0 Å². The minimum absolute atomic E-state index is 0.194. The third-order valence-electron chi connectivity index (χ3n) is 1.80. The number of hydrogen-bond acceptors (Lipinski definition) is 5. The molecule has 0 radical (unpaired) electrons. The molecule has 0 bridgehead atoms. The highest BCUT2D eigenvalue weighted by molar-refractivity contribution is 7.89. The first kappa shape index (κ1) is 16.5. The van der Waals surface area contributed by atoms with E-state index >= 15 is 0 Å². The lowest BCUT2D eigenvalue weighted by Crippen LogP contribution is -2.28. The summed E-state index contributed by atoms with van der Waals surface area (Å²) in [5, 5.41) is 0.454. The maximum Gasteiger partial charge on any atom is 0.534 e. The molecule has 1 rings (SSSR count). The van der Waals surface area contributed by atoms with Gasteiger partial charge in [-0.05, 0) is 23.8 Å². The number of alkyl halides is 3. The summed E-state index contributed by atoms with van der Waals surface area (Å²) in [6.07, 6.45) is 0.956. The molecule has 0 aliphatic carbocycles. The molecule has 11 heteroatoms. The lowest BCUT2D eigenvalue weighted by molar-refractivity contribution is -0.0500. The molecule has 20 heavy (non-hydrogen) atoms. The first-order chi connectivity index (χ1) is 8.91. The molecule has 0 aromatic heterocycles. The zero-order valence-electron chi connectivity index (χ0n) is 9.40. The van der Waals surface area contributed by atoms with Crippen LogP contribution in [0.25, 0.3) is 6.08 Å². The molecule has 0 unspecified atom stereocenters. The largest absolute Gasteiger partial charge is 0.534 e. The molecule has 0 saturated carbocycles. The summed E-state index contributed by atoms with van der Waals surface area (Å²) in [7, 11) is -10.1. The van der Waals surface area contributed by atoms with Gasteiger partial charge >= 0.3 is 15.6 Å². The molecule has 0 spiro atoms. The minimum Gasteiger partial charge on any atom is -0.376 e. The van der Waals surface area contributed by atoms with Crippen LogP contribution in [-0.2, 0) is 20.2 Å². The molecule has 1 aromatic carbocycles. The van der Waals surface area contributed by atoms with E-state index in [1.54, 1.807) is 0 Å². The van der Waals surface area contributed by atoms with Gasteiger partial charge in [-0.2, -0.15) is 30.0 Å². The molecule has 1 N–H and O–H groups in total. The van der Waals surface area contributed by atoms with Crippen molar-refractivity contribution in [2.45, 2.75) is 5.51 Å². The van der Waals surface area contributed by atoms with Crippen LogP contribution in [0.2, 0.25) is 0 Å². The zero-order chi connectivity index (χ0) is 15.6. The number of benzene rings is 1. The Morgan fingerprint density at radius 3 is 1.95 bits per heavy atom. The first-order valence-corrected chi connectivity index (χ1v) is 7.58. The Bertz CT molecular complexity index is 701. The van der Waals surface area contributed by atoms with E-state index in [9.17, 15) is 30.0 Å². The van der Waals surface area contributed by atoms with E-state index in [0.29, 0.717) is 5.41 Å². The summed E-state index contributed by atoms with van der Waals surface area (Å²) in [4.78, 5) is 0. The summed E-state index contributed by atoms with van der Waals surface area (Å²) in [5.74, 6) is -0.591. The second kappa shape index (κ2) is 5.42. The third kappa shape index (κ3) is 4.83. The lowest BCUT2D eigenvalue weighted by atomic mass is 10.2. The summed E-state index contributed by atoms with van der Waals surface area (Å²) in [6, 6.07) is 3.99. The molecule has 0 heterocycles. The molecular formula is C9H7F3O6S2. The average molecular weight is 332 g/mol. The van der Waals surface area contributed by atoms with Gasteiger partial charge in [0, 0.05) is 0 Å². The fraction of sp³-hybridized carbons (Fsp3) is 0.111. The van der Waals surface area contributed by atoms with Crippen molar-refractivity contribution in [2.24, 2.45) is 0 Å². The topological polar surface area (TPSA) is 97.7 Å².